The van der Waals surface area contributed by atoms with Crippen molar-refractivity contribution in [1.29, 1.82) is 0 Å². The number of benzene rings is 1. The summed E-state index contributed by atoms with van der Waals surface area (Å²) in [5, 5.41) is 14.1. The van der Waals surface area contributed by atoms with Crippen molar-refractivity contribution in [3.8, 4) is 11.5 Å². The van der Waals surface area contributed by atoms with E-state index in [1.807, 2.05) is 18.5 Å². The van der Waals surface area contributed by atoms with Gasteiger partial charge in [0.2, 0.25) is 10.0 Å². The number of hydrogen-bond acceptors (Lipinski definition) is 6. The van der Waals surface area contributed by atoms with E-state index in [-0.39, 0.29) is 17.9 Å². The minimum atomic E-state index is -3.70. The molecule has 4 rings (SSSR count). The van der Waals surface area contributed by atoms with Crippen LogP contribution in [0, 0.1) is 5.82 Å². The molecule has 0 spiro atoms. The van der Waals surface area contributed by atoms with E-state index in [0.29, 0.717) is 31.0 Å². The Bertz CT molecular complexity index is 1200. The van der Waals surface area contributed by atoms with Gasteiger partial charge >= 0.3 is 0 Å². The predicted octanol–water partition coefficient (Wildman–Crippen LogP) is 2.84. The first-order chi connectivity index (χ1) is 14.9. The fraction of sp³-hybridized carbons (Fsp3) is 0.450. The van der Waals surface area contributed by atoms with E-state index in [2.05, 4.69) is 22.2 Å². The van der Waals surface area contributed by atoms with Gasteiger partial charge < -0.3 is 4.57 Å². The Morgan fingerprint density at radius 3 is 2.68 bits per heavy atom. The SMILES string of the molecule is CCSc1nnc(-c2nn(C)c3c2CN(S(=O)(=O)Cc2ccccc2F)CC3)n1CC. The van der Waals surface area contributed by atoms with Crippen LogP contribution in [-0.4, -0.2) is 49.6 Å². The van der Waals surface area contributed by atoms with Crippen molar-refractivity contribution in [2.24, 2.45) is 7.05 Å². The van der Waals surface area contributed by atoms with Gasteiger partial charge in [-0.3, -0.25) is 4.68 Å². The molecule has 0 atom stereocenters. The predicted molar refractivity (Wildman–Crippen MR) is 117 cm³/mol. The quantitative estimate of drug-likeness (QED) is 0.500. The largest absolute Gasteiger partial charge is 0.301 e. The fourth-order valence-corrected chi connectivity index (χ4v) is 6.11. The third-order valence-electron chi connectivity index (χ3n) is 5.41. The monoisotopic (exact) mass is 464 g/mol. The molecule has 1 aliphatic heterocycles. The van der Waals surface area contributed by atoms with Crippen molar-refractivity contribution >= 4 is 21.8 Å². The molecule has 2 aromatic heterocycles. The lowest BCUT2D eigenvalue weighted by molar-refractivity contribution is 0.385. The highest BCUT2D eigenvalue weighted by Gasteiger charge is 2.33. The van der Waals surface area contributed by atoms with Gasteiger partial charge in [0, 0.05) is 49.9 Å². The topological polar surface area (TPSA) is 85.9 Å². The molecule has 166 valence electrons. The molecule has 31 heavy (non-hydrogen) atoms. The molecule has 0 fully saturated rings. The lowest BCUT2D eigenvalue weighted by atomic mass is 10.1. The van der Waals surface area contributed by atoms with E-state index in [4.69, 9.17) is 0 Å². The molecule has 0 aliphatic carbocycles. The van der Waals surface area contributed by atoms with E-state index in [1.165, 1.54) is 16.4 Å². The summed E-state index contributed by atoms with van der Waals surface area (Å²) in [6.07, 6.45) is 0.534. The lowest BCUT2D eigenvalue weighted by Gasteiger charge is -2.27. The Balaban J connectivity index is 1.68. The van der Waals surface area contributed by atoms with Gasteiger partial charge in [-0.15, -0.1) is 10.2 Å². The molecule has 8 nitrogen and oxygen atoms in total. The Morgan fingerprint density at radius 2 is 1.97 bits per heavy atom. The van der Waals surface area contributed by atoms with Gasteiger partial charge in [0.25, 0.3) is 0 Å². The van der Waals surface area contributed by atoms with Crippen LogP contribution >= 0.6 is 11.8 Å². The number of aryl methyl sites for hydroxylation is 1. The summed E-state index contributed by atoms with van der Waals surface area (Å²) >= 11 is 1.61. The van der Waals surface area contributed by atoms with E-state index in [9.17, 15) is 12.8 Å². The van der Waals surface area contributed by atoms with Crippen LogP contribution in [-0.2, 0) is 42.3 Å². The first-order valence-electron chi connectivity index (χ1n) is 10.2. The molecule has 0 saturated carbocycles. The molecule has 11 heteroatoms. The van der Waals surface area contributed by atoms with Gasteiger partial charge in [0.1, 0.15) is 11.5 Å². The number of rotatable bonds is 7. The highest BCUT2D eigenvalue weighted by molar-refractivity contribution is 7.99. The molecule has 0 amide bonds. The van der Waals surface area contributed by atoms with Gasteiger partial charge in [-0.2, -0.15) is 9.40 Å². The summed E-state index contributed by atoms with van der Waals surface area (Å²) in [4.78, 5) is 0. The maximum absolute atomic E-state index is 14.0. The molecule has 1 aromatic carbocycles. The molecule has 3 heterocycles. The zero-order valence-electron chi connectivity index (χ0n) is 17.7. The van der Waals surface area contributed by atoms with Crippen molar-refractivity contribution in [1.82, 2.24) is 28.9 Å². The van der Waals surface area contributed by atoms with E-state index < -0.39 is 15.8 Å². The third-order valence-corrected chi connectivity index (χ3v) is 8.04. The van der Waals surface area contributed by atoms with Crippen LogP contribution < -0.4 is 0 Å². The van der Waals surface area contributed by atoms with E-state index >= 15 is 0 Å². The molecule has 0 unspecified atom stereocenters. The van der Waals surface area contributed by atoms with Gasteiger partial charge in [-0.05, 0) is 18.7 Å². The number of halogens is 1. The minimum absolute atomic E-state index is 0.173. The number of sulfonamides is 1. The number of nitrogens with zero attached hydrogens (tertiary/aromatic N) is 6. The van der Waals surface area contributed by atoms with E-state index in [0.717, 1.165) is 22.2 Å². The molecule has 0 saturated heterocycles. The molecule has 0 N–H and O–H groups in total. The number of fused-ring (bicyclic) bond motifs is 1. The molecular weight excluding hydrogens is 439 g/mol. The van der Waals surface area contributed by atoms with Crippen molar-refractivity contribution in [3.05, 3.63) is 46.9 Å². The number of thioether (sulfide) groups is 1. The fourth-order valence-electron chi connectivity index (χ4n) is 3.87. The second-order valence-electron chi connectivity index (χ2n) is 7.31. The number of aromatic nitrogens is 5. The molecular formula is C20H25FN6O2S2. The summed E-state index contributed by atoms with van der Waals surface area (Å²) in [7, 11) is -1.84. The van der Waals surface area contributed by atoms with E-state index in [1.54, 1.807) is 28.6 Å². The first-order valence-corrected chi connectivity index (χ1v) is 12.8. The Hall–Kier alpha value is -2.24. The zero-order chi connectivity index (χ0) is 22.2. The summed E-state index contributed by atoms with van der Waals surface area (Å²) < 4.78 is 45.4. The van der Waals surface area contributed by atoms with Gasteiger partial charge in [-0.25, -0.2) is 12.8 Å². The smallest absolute Gasteiger partial charge is 0.218 e. The summed E-state index contributed by atoms with van der Waals surface area (Å²) in [5.41, 5.74) is 2.65. The summed E-state index contributed by atoms with van der Waals surface area (Å²) in [6.45, 7) is 5.28. The Kier molecular flexibility index (Phi) is 6.18. The van der Waals surface area contributed by atoms with Crippen LogP contribution in [0.2, 0.25) is 0 Å². The van der Waals surface area contributed by atoms with Crippen LogP contribution in [0.4, 0.5) is 4.39 Å². The van der Waals surface area contributed by atoms with Crippen LogP contribution in [0.3, 0.4) is 0 Å². The molecule has 3 aromatic rings. The maximum Gasteiger partial charge on any atom is 0.218 e. The average molecular weight is 465 g/mol. The van der Waals surface area contributed by atoms with Crippen molar-refractivity contribution in [2.75, 3.05) is 12.3 Å². The molecule has 0 bridgehead atoms. The molecule has 0 radical (unpaired) electrons. The van der Waals surface area contributed by atoms with Crippen LogP contribution in [0.15, 0.2) is 29.4 Å². The second kappa shape index (κ2) is 8.71. The zero-order valence-corrected chi connectivity index (χ0v) is 19.4. The van der Waals surface area contributed by atoms with Gasteiger partial charge in [-0.1, -0.05) is 36.9 Å². The molecule has 1 aliphatic rings. The summed E-state index contributed by atoms with van der Waals surface area (Å²) in [5.74, 6) is 0.639. The number of hydrogen-bond donors (Lipinski definition) is 0. The van der Waals surface area contributed by atoms with Crippen LogP contribution in [0.25, 0.3) is 11.5 Å². The average Bonchev–Trinajstić information content (AvgIpc) is 3.30. The van der Waals surface area contributed by atoms with Crippen molar-refractivity contribution in [3.63, 3.8) is 0 Å². The second-order valence-corrected chi connectivity index (χ2v) is 10.5. The van der Waals surface area contributed by atoms with Gasteiger partial charge in [0.15, 0.2) is 11.0 Å². The highest BCUT2D eigenvalue weighted by Crippen LogP contribution is 2.32. The maximum atomic E-state index is 14.0. The van der Waals surface area contributed by atoms with Gasteiger partial charge in [0.05, 0.1) is 5.75 Å². The Labute approximate surface area is 185 Å². The Morgan fingerprint density at radius 1 is 1.19 bits per heavy atom. The van der Waals surface area contributed by atoms with Crippen LogP contribution in [0.1, 0.15) is 30.7 Å². The normalized spacial score (nSPS) is 14.7. The standard InChI is InChI=1S/C20H25FN6O2S2/c1-4-27-19(22-23-20(27)30-5-2)18-15-12-26(11-10-17(15)25(3)24-18)31(28,29)13-14-8-6-7-9-16(14)21/h6-9H,4-5,10-13H2,1-3H3. The lowest BCUT2D eigenvalue weighted by Crippen LogP contribution is -2.37. The summed E-state index contributed by atoms with van der Waals surface area (Å²) in [6, 6.07) is 5.98. The third kappa shape index (κ3) is 4.13. The minimum Gasteiger partial charge on any atom is -0.301 e. The van der Waals surface area contributed by atoms with Crippen molar-refractivity contribution in [2.45, 2.75) is 44.3 Å². The van der Waals surface area contributed by atoms with Crippen molar-refractivity contribution < 1.29 is 12.8 Å². The van der Waals surface area contributed by atoms with Crippen LogP contribution in [0.5, 0.6) is 0 Å². The highest BCUT2D eigenvalue weighted by atomic mass is 32.2. The first kappa shape index (κ1) is 22.0.